The highest BCUT2D eigenvalue weighted by atomic mass is 35.5. The van der Waals surface area contributed by atoms with Crippen molar-refractivity contribution in [3.8, 4) is 5.75 Å². The van der Waals surface area contributed by atoms with Gasteiger partial charge in [-0.15, -0.1) is 0 Å². The molecule has 0 amide bonds. The molecule has 0 atom stereocenters. The number of benzene rings is 1. The van der Waals surface area contributed by atoms with E-state index < -0.39 is 23.0 Å². The van der Waals surface area contributed by atoms with Gasteiger partial charge in [0.05, 0.1) is 6.42 Å². The Morgan fingerprint density at radius 1 is 1.59 bits per heavy atom. The van der Waals surface area contributed by atoms with E-state index in [0.717, 1.165) is 6.07 Å². The van der Waals surface area contributed by atoms with Gasteiger partial charge in [-0.05, 0) is 31.4 Å². The van der Waals surface area contributed by atoms with E-state index in [0.29, 0.717) is 24.0 Å². The predicted molar refractivity (Wildman–Crippen MR) is 61.0 cm³/mol. The Morgan fingerprint density at radius 3 is 2.65 bits per heavy atom. The van der Waals surface area contributed by atoms with E-state index in [1.807, 2.05) is 0 Å². The summed E-state index contributed by atoms with van der Waals surface area (Å²) in [4.78, 5) is 10.8. The quantitative estimate of drug-likeness (QED) is 0.876. The molecule has 1 aliphatic carbocycles. The summed E-state index contributed by atoms with van der Waals surface area (Å²) in [6.07, 6.45) is 1.15. The fourth-order valence-electron chi connectivity index (χ4n) is 2.31. The second kappa shape index (κ2) is 3.88. The van der Waals surface area contributed by atoms with Gasteiger partial charge in [-0.25, -0.2) is 4.39 Å². The minimum absolute atomic E-state index is 0.110. The summed E-state index contributed by atoms with van der Waals surface area (Å²) in [5.74, 6) is -2.22. The van der Waals surface area contributed by atoms with E-state index in [1.54, 1.807) is 6.92 Å². The van der Waals surface area contributed by atoms with Crippen molar-refractivity contribution in [2.45, 2.75) is 31.6 Å². The summed E-state index contributed by atoms with van der Waals surface area (Å²) < 4.78 is 13.4. The molecule has 2 N–H and O–H groups in total. The van der Waals surface area contributed by atoms with Crippen molar-refractivity contribution < 1.29 is 19.4 Å². The number of aromatic hydroxyl groups is 1. The SMILES string of the molecule is Cc1c(Cl)cc(F)c(O)c1C1(CC(=O)O)CC1. The van der Waals surface area contributed by atoms with Crippen LogP contribution in [0.5, 0.6) is 5.75 Å². The highest BCUT2D eigenvalue weighted by molar-refractivity contribution is 6.31. The molecule has 0 heterocycles. The van der Waals surface area contributed by atoms with Gasteiger partial charge in [0.2, 0.25) is 0 Å². The van der Waals surface area contributed by atoms with Crippen LogP contribution in [0.2, 0.25) is 5.02 Å². The molecule has 0 radical (unpaired) electrons. The van der Waals surface area contributed by atoms with Crippen LogP contribution in [-0.4, -0.2) is 16.2 Å². The molecular weight excluding hydrogens is 247 g/mol. The van der Waals surface area contributed by atoms with E-state index in [4.69, 9.17) is 16.7 Å². The van der Waals surface area contributed by atoms with Crippen LogP contribution in [0.15, 0.2) is 6.07 Å². The number of carboxylic acids is 1. The number of phenolic OH excluding ortho intramolecular Hbond substituents is 1. The van der Waals surface area contributed by atoms with E-state index in [2.05, 4.69) is 0 Å². The van der Waals surface area contributed by atoms with Crippen molar-refractivity contribution in [3.05, 3.63) is 28.0 Å². The predicted octanol–water partition coefficient (Wildman–Crippen LogP) is 3.00. The molecule has 1 fully saturated rings. The number of carboxylic acid groups (broad SMARTS) is 1. The summed E-state index contributed by atoms with van der Waals surface area (Å²) in [5, 5.41) is 18.8. The van der Waals surface area contributed by atoms with Crippen molar-refractivity contribution in [2.75, 3.05) is 0 Å². The third-order valence-corrected chi connectivity index (χ3v) is 3.72. The van der Waals surface area contributed by atoms with Gasteiger partial charge in [0.25, 0.3) is 0 Å². The maximum atomic E-state index is 13.4. The first kappa shape index (κ1) is 12.2. The molecule has 2 rings (SSSR count). The molecule has 1 aliphatic rings. The van der Waals surface area contributed by atoms with Gasteiger partial charge in [0.15, 0.2) is 11.6 Å². The lowest BCUT2D eigenvalue weighted by atomic mass is 9.88. The molecule has 0 aliphatic heterocycles. The van der Waals surface area contributed by atoms with Crippen LogP contribution >= 0.6 is 11.6 Å². The van der Waals surface area contributed by atoms with Crippen molar-refractivity contribution >= 4 is 17.6 Å². The summed E-state index contributed by atoms with van der Waals surface area (Å²) in [6, 6.07) is 1.05. The van der Waals surface area contributed by atoms with Crippen LogP contribution in [0.3, 0.4) is 0 Å². The molecular formula is C12H12ClFO3. The maximum absolute atomic E-state index is 13.4. The van der Waals surface area contributed by atoms with Gasteiger partial charge in [0.1, 0.15) is 0 Å². The van der Waals surface area contributed by atoms with Crippen LogP contribution in [0, 0.1) is 12.7 Å². The number of hydrogen-bond donors (Lipinski definition) is 2. The molecule has 3 nitrogen and oxygen atoms in total. The number of phenols is 1. The average molecular weight is 259 g/mol. The Balaban J connectivity index is 2.55. The zero-order chi connectivity index (χ0) is 12.8. The van der Waals surface area contributed by atoms with Crippen molar-refractivity contribution in [3.63, 3.8) is 0 Å². The van der Waals surface area contributed by atoms with Crippen LogP contribution in [-0.2, 0) is 10.2 Å². The normalized spacial score (nSPS) is 16.9. The van der Waals surface area contributed by atoms with Crippen LogP contribution in [0.1, 0.15) is 30.4 Å². The van der Waals surface area contributed by atoms with Gasteiger partial charge >= 0.3 is 5.97 Å². The fraction of sp³-hybridized carbons (Fsp3) is 0.417. The molecule has 1 aromatic rings. The van der Waals surface area contributed by atoms with Crippen molar-refractivity contribution in [1.29, 1.82) is 0 Å². The molecule has 0 bridgehead atoms. The van der Waals surface area contributed by atoms with Crippen molar-refractivity contribution in [2.24, 2.45) is 0 Å². The van der Waals surface area contributed by atoms with E-state index in [1.165, 1.54) is 0 Å². The zero-order valence-electron chi connectivity index (χ0n) is 9.26. The first-order valence-electron chi connectivity index (χ1n) is 5.27. The molecule has 0 unspecified atom stereocenters. The number of hydrogen-bond acceptors (Lipinski definition) is 2. The number of rotatable bonds is 3. The minimum atomic E-state index is -0.957. The summed E-state index contributed by atoms with van der Waals surface area (Å²) in [5.41, 5.74) is 0.264. The number of carbonyl (C=O) groups is 1. The average Bonchev–Trinajstić information content (AvgIpc) is 2.95. The van der Waals surface area contributed by atoms with Gasteiger partial charge in [-0.3, -0.25) is 4.79 Å². The lowest BCUT2D eigenvalue weighted by Crippen LogP contribution is -2.15. The molecule has 0 saturated heterocycles. The Morgan fingerprint density at radius 2 is 2.18 bits per heavy atom. The third-order valence-electron chi connectivity index (χ3n) is 3.32. The fourth-order valence-corrected chi connectivity index (χ4v) is 2.50. The van der Waals surface area contributed by atoms with E-state index in [9.17, 15) is 14.3 Å². The second-order valence-electron chi connectivity index (χ2n) is 4.54. The lowest BCUT2D eigenvalue weighted by molar-refractivity contribution is -0.137. The summed E-state index contributed by atoms with van der Waals surface area (Å²) in [7, 11) is 0. The molecule has 0 aromatic heterocycles. The Kier molecular flexibility index (Phi) is 2.78. The van der Waals surface area contributed by atoms with Crippen LogP contribution in [0.4, 0.5) is 4.39 Å². The number of aliphatic carboxylic acids is 1. The van der Waals surface area contributed by atoms with Crippen LogP contribution in [0.25, 0.3) is 0 Å². The first-order valence-corrected chi connectivity index (χ1v) is 5.65. The Labute approximate surface area is 103 Å². The smallest absolute Gasteiger partial charge is 0.304 e. The van der Waals surface area contributed by atoms with E-state index >= 15 is 0 Å². The molecule has 5 heteroatoms. The summed E-state index contributed by atoms with van der Waals surface area (Å²) >= 11 is 5.86. The minimum Gasteiger partial charge on any atom is -0.505 e. The van der Waals surface area contributed by atoms with Crippen LogP contribution < -0.4 is 0 Å². The van der Waals surface area contributed by atoms with Gasteiger partial charge in [0, 0.05) is 16.0 Å². The van der Waals surface area contributed by atoms with Crippen molar-refractivity contribution in [1.82, 2.24) is 0 Å². The topological polar surface area (TPSA) is 57.5 Å². The molecule has 17 heavy (non-hydrogen) atoms. The van der Waals surface area contributed by atoms with Gasteiger partial charge < -0.3 is 10.2 Å². The molecule has 0 spiro atoms. The molecule has 1 saturated carbocycles. The summed E-state index contributed by atoms with van der Waals surface area (Å²) in [6.45, 7) is 1.67. The maximum Gasteiger partial charge on any atom is 0.304 e. The first-order chi connectivity index (χ1) is 7.87. The largest absolute Gasteiger partial charge is 0.505 e. The zero-order valence-corrected chi connectivity index (χ0v) is 10.0. The van der Waals surface area contributed by atoms with Gasteiger partial charge in [-0.1, -0.05) is 11.6 Å². The standard InChI is InChI=1S/C12H12ClFO3/c1-6-7(13)4-8(14)11(17)10(6)12(2-3-12)5-9(15)16/h4,17H,2-3,5H2,1H3,(H,15,16). The molecule has 1 aromatic carbocycles. The molecule has 92 valence electrons. The lowest BCUT2D eigenvalue weighted by Gasteiger charge is -2.19. The monoisotopic (exact) mass is 258 g/mol. The third kappa shape index (κ3) is 1.97. The Hall–Kier alpha value is -1.29. The number of halogens is 2. The highest BCUT2D eigenvalue weighted by Crippen LogP contribution is 2.56. The van der Waals surface area contributed by atoms with E-state index in [-0.39, 0.29) is 11.4 Å². The van der Waals surface area contributed by atoms with Gasteiger partial charge in [-0.2, -0.15) is 0 Å². The highest BCUT2D eigenvalue weighted by Gasteiger charge is 2.49. The Bertz CT molecular complexity index is 469. The second-order valence-corrected chi connectivity index (χ2v) is 4.95.